The van der Waals surface area contributed by atoms with Crippen LogP contribution in [0.2, 0.25) is 0 Å². The molecule has 1 atom stereocenters. The van der Waals surface area contributed by atoms with Gasteiger partial charge in [0.25, 0.3) is 0 Å². The third-order valence-electron chi connectivity index (χ3n) is 1.84. The molecule has 0 bridgehead atoms. The van der Waals surface area contributed by atoms with Crippen LogP contribution in [0.15, 0.2) is 22.7 Å². The first kappa shape index (κ1) is 11.2. The van der Waals surface area contributed by atoms with Crippen molar-refractivity contribution in [2.75, 3.05) is 0 Å². The number of halogens is 1. The van der Waals surface area contributed by atoms with Crippen molar-refractivity contribution >= 4 is 21.9 Å². The highest BCUT2D eigenvalue weighted by Gasteiger charge is 2.11. The Morgan fingerprint density at radius 1 is 1.64 bits per heavy atom. The van der Waals surface area contributed by atoms with Gasteiger partial charge in [0.2, 0.25) is 0 Å². The molecule has 4 heteroatoms. The predicted octanol–water partition coefficient (Wildman–Crippen LogP) is 2.04. The molecule has 1 aromatic carbocycles. The topological polar surface area (TPSA) is 63.3 Å². The molecule has 0 fully saturated rings. The van der Waals surface area contributed by atoms with E-state index in [0.29, 0.717) is 12.0 Å². The zero-order valence-electron chi connectivity index (χ0n) is 7.83. The van der Waals surface area contributed by atoms with Crippen molar-refractivity contribution in [2.24, 2.45) is 5.73 Å². The summed E-state index contributed by atoms with van der Waals surface area (Å²) in [5.41, 5.74) is 6.72. The van der Waals surface area contributed by atoms with Gasteiger partial charge in [-0.1, -0.05) is 22.0 Å². The van der Waals surface area contributed by atoms with E-state index in [-0.39, 0.29) is 6.04 Å². The molecular weight excluding hydrogens is 246 g/mol. The van der Waals surface area contributed by atoms with Gasteiger partial charge in [0.05, 0.1) is 5.56 Å². The maximum absolute atomic E-state index is 10.9. The molecule has 0 amide bonds. The van der Waals surface area contributed by atoms with Gasteiger partial charge in [-0.3, -0.25) is 0 Å². The zero-order chi connectivity index (χ0) is 10.7. The summed E-state index contributed by atoms with van der Waals surface area (Å²) >= 11 is 3.24. The Kier molecular flexibility index (Phi) is 3.66. The molecular formula is C10H12BrNO2. The van der Waals surface area contributed by atoms with E-state index >= 15 is 0 Å². The molecule has 0 heterocycles. The Morgan fingerprint density at radius 3 is 2.79 bits per heavy atom. The van der Waals surface area contributed by atoms with Crippen LogP contribution < -0.4 is 5.73 Å². The lowest BCUT2D eigenvalue weighted by Gasteiger charge is -2.08. The molecule has 3 N–H and O–H groups in total. The molecule has 1 unspecified atom stereocenters. The normalized spacial score (nSPS) is 12.5. The SMILES string of the molecule is CC(N)Cc1ccc(Br)cc1C(=O)O. The standard InChI is InChI=1S/C10H12BrNO2/c1-6(12)4-7-2-3-8(11)5-9(7)10(13)14/h2-3,5-6H,4,12H2,1H3,(H,13,14). The Hall–Kier alpha value is -0.870. The first-order chi connectivity index (χ1) is 6.50. The first-order valence-electron chi connectivity index (χ1n) is 4.28. The molecule has 0 saturated carbocycles. The van der Waals surface area contributed by atoms with E-state index in [0.717, 1.165) is 10.0 Å². The van der Waals surface area contributed by atoms with E-state index < -0.39 is 5.97 Å². The number of benzene rings is 1. The van der Waals surface area contributed by atoms with Crippen LogP contribution in [-0.4, -0.2) is 17.1 Å². The van der Waals surface area contributed by atoms with E-state index in [1.165, 1.54) is 0 Å². The van der Waals surface area contributed by atoms with Crippen LogP contribution in [0.1, 0.15) is 22.8 Å². The van der Waals surface area contributed by atoms with E-state index in [1.807, 2.05) is 13.0 Å². The lowest BCUT2D eigenvalue weighted by Crippen LogP contribution is -2.19. The van der Waals surface area contributed by atoms with Crippen molar-refractivity contribution in [3.8, 4) is 0 Å². The van der Waals surface area contributed by atoms with Crippen molar-refractivity contribution in [3.05, 3.63) is 33.8 Å². The second kappa shape index (κ2) is 4.57. The van der Waals surface area contributed by atoms with Gasteiger partial charge < -0.3 is 10.8 Å². The minimum absolute atomic E-state index is 0.0331. The highest BCUT2D eigenvalue weighted by molar-refractivity contribution is 9.10. The van der Waals surface area contributed by atoms with Crippen molar-refractivity contribution in [1.82, 2.24) is 0 Å². The van der Waals surface area contributed by atoms with Gasteiger partial charge in [-0.25, -0.2) is 4.79 Å². The van der Waals surface area contributed by atoms with Crippen molar-refractivity contribution in [1.29, 1.82) is 0 Å². The van der Waals surface area contributed by atoms with E-state index in [2.05, 4.69) is 15.9 Å². The summed E-state index contributed by atoms with van der Waals surface area (Å²) in [6.45, 7) is 1.85. The van der Waals surface area contributed by atoms with Gasteiger partial charge in [-0.2, -0.15) is 0 Å². The average molecular weight is 258 g/mol. The van der Waals surface area contributed by atoms with E-state index in [1.54, 1.807) is 12.1 Å². The maximum Gasteiger partial charge on any atom is 0.336 e. The Morgan fingerprint density at radius 2 is 2.29 bits per heavy atom. The number of nitrogens with two attached hydrogens (primary N) is 1. The summed E-state index contributed by atoms with van der Waals surface area (Å²) in [7, 11) is 0. The largest absolute Gasteiger partial charge is 0.478 e. The number of aromatic carboxylic acids is 1. The monoisotopic (exact) mass is 257 g/mol. The smallest absolute Gasteiger partial charge is 0.336 e. The molecule has 0 aliphatic rings. The fraction of sp³-hybridized carbons (Fsp3) is 0.300. The summed E-state index contributed by atoms with van der Waals surface area (Å²) in [6.07, 6.45) is 0.578. The van der Waals surface area contributed by atoms with Crippen LogP contribution in [0.5, 0.6) is 0 Å². The molecule has 76 valence electrons. The molecule has 1 aromatic rings. The molecule has 0 saturated heterocycles. The first-order valence-corrected chi connectivity index (χ1v) is 5.07. The fourth-order valence-electron chi connectivity index (χ4n) is 1.27. The van der Waals surface area contributed by atoms with Gasteiger partial charge in [-0.05, 0) is 31.0 Å². The summed E-state index contributed by atoms with van der Waals surface area (Å²) in [6, 6.07) is 5.18. The van der Waals surface area contributed by atoms with Crippen LogP contribution in [0.4, 0.5) is 0 Å². The molecule has 0 radical (unpaired) electrons. The second-order valence-corrected chi connectivity index (χ2v) is 4.20. The van der Waals surface area contributed by atoms with Crippen LogP contribution in [0.25, 0.3) is 0 Å². The van der Waals surface area contributed by atoms with Gasteiger partial charge >= 0.3 is 5.97 Å². The third kappa shape index (κ3) is 2.82. The molecule has 0 aliphatic heterocycles. The summed E-state index contributed by atoms with van der Waals surface area (Å²) < 4.78 is 0.767. The predicted molar refractivity (Wildman–Crippen MR) is 58.5 cm³/mol. The third-order valence-corrected chi connectivity index (χ3v) is 2.34. The number of carboxylic acid groups (broad SMARTS) is 1. The minimum atomic E-state index is -0.915. The Labute approximate surface area is 91.1 Å². The molecule has 0 aromatic heterocycles. The molecule has 14 heavy (non-hydrogen) atoms. The van der Waals surface area contributed by atoms with Gasteiger partial charge in [0.15, 0.2) is 0 Å². The number of carboxylic acids is 1. The molecule has 0 spiro atoms. The number of rotatable bonds is 3. The number of hydrogen-bond donors (Lipinski definition) is 2. The van der Waals surface area contributed by atoms with Gasteiger partial charge in [0, 0.05) is 10.5 Å². The van der Waals surface area contributed by atoms with Crippen LogP contribution in [-0.2, 0) is 6.42 Å². The number of carbonyl (C=O) groups is 1. The Balaban J connectivity index is 3.08. The highest BCUT2D eigenvalue weighted by atomic mass is 79.9. The van der Waals surface area contributed by atoms with Crippen molar-refractivity contribution in [3.63, 3.8) is 0 Å². The van der Waals surface area contributed by atoms with E-state index in [9.17, 15) is 4.79 Å². The zero-order valence-corrected chi connectivity index (χ0v) is 9.41. The van der Waals surface area contributed by atoms with Gasteiger partial charge in [-0.15, -0.1) is 0 Å². The molecule has 0 aliphatic carbocycles. The number of hydrogen-bond acceptors (Lipinski definition) is 2. The summed E-state index contributed by atoms with van der Waals surface area (Å²) in [5.74, 6) is -0.915. The highest BCUT2D eigenvalue weighted by Crippen LogP contribution is 2.17. The lowest BCUT2D eigenvalue weighted by molar-refractivity contribution is 0.0695. The summed E-state index contributed by atoms with van der Waals surface area (Å²) in [5, 5.41) is 8.94. The van der Waals surface area contributed by atoms with Crippen LogP contribution in [0.3, 0.4) is 0 Å². The fourth-order valence-corrected chi connectivity index (χ4v) is 1.63. The lowest BCUT2D eigenvalue weighted by atomic mass is 10.0. The van der Waals surface area contributed by atoms with Gasteiger partial charge in [0.1, 0.15) is 0 Å². The van der Waals surface area contributed by atoms with E-state index in [4.69, 9.17) is 10.8 Å². The average Bonchev–Trinajstić information content (AvgIpc) is 2.07. The minimum Gasteiger partial charge on any atom is -0.478 e. The van der Waals surface area contributed by atoms with Crippen LogP contribution >= 0.6 is 15.9 Å². The molecule has 1 rings (SSSR count). The molecule has 3 nitrogen and oxygen atoms in total. The maximum atomic E-state index is 10.9. The Bertz CT molecular complexity index is 350. The quantitative estimate of drug-likeness (QED) is 0.871. The van der Waals surface area contributed by atoms with Crippen molar-refractivity contribution < 1.29 is 9.90 Å². The van der Waals surface area contributed by atoms with Crippen LogP contribution in [0, 0.1) is 0 Å². The van der Waals surface area contributed by atoms with Crippen molar-refractivity contribution in [2.45, 2.75) is 19.4 Å². The second-order valence-electron chi connectivity index (χ2n) is 3.29. The summed E-state index contributed by atoms with van der Waals surface area (Å²) in [4.78, 5) is 10.9.